The molecule has 2 aromatic carbocycles. The minimum atomic E-state index is -0.501. The Kier molecular flexibility index (Phi) is 7.55. The van der Waals surface area contributed by atoms with Gasteiger partial charge in [-0.05, 0) is 49.2 Å². The lowest BCUT2D eigenvalue weighted by Gasteiger charge is -2.13. The Balaban J connectivity index is 1.51. The highest BCUT2D eigenvalue weighted by molar-refractivity contribution is 7.99. The Morgan fingerprint density at radius 2 is 1.93 bits per heavy atom. The van der Waals surface area contributed by atoms with Crippen LogP contribution in [-0.4, -0.2) is 51.0 Å². The van der Waals surface area contributed by atoms with E-state index in [0.717, 1.165) is 35.8 Å². The van der Waals surface area contributed by atoms with E-state index in [1.54, 1.807) is 23.9 Å². The van der Waals surface area contributed by atoms with Gasteiger partial charge in [0.2, 0.25) is 0 Å². The van der Waals surface area contributed by atoms with Gasteiger partial charge >= 0.3 is 5.97 Å². The van der Waals surface area contributed by atoms with E-state index in [9.17, 15) is 9.59 Å². The van der Waals surface area contributed by atoms with Gasteiger partial charge in [-0.3, -0.25) is 4.79 Å². The topological polar surface area (TPSA) is 67.9 Å². The SMILES string of the molecule is CN(C)c1ccc(NC(=O)COC(=O)c2ccccc2SC[C@@H]2CCCO2)cc1. The molecule has 0 aliphatic carbocycles. The van der Waals surface area contributed by atoms with E-state index in [4.69, 9.17) is 9.47 Å². The average Bonchev–Trinajstić information content (AvgIpc) is 3.25. The third-order valence-electron chi connectivity index (χ3n) is 4.56. The molecule has 0 aromatic heterocycles. The first-order valence-corrected chi connectivity index (χ1v) is 10.6. The van der Waals surface area contributed by atoms with Gasteiger partial charge in [-0.25, -0.2) is 4.79 Å². The predicted molar refractivity (Wildman–Crippen MR) is 116 cm³/mol. The zero-order valence-corrected chi connectivity index (χ0v) is 17.5. The second-order valence-electron chi connectivity index (χ2n) is 7.01. The van der Waals surface area contributed by atoms with E-state index in [0.29, 0.717) is 11.3 Å². The van der Waals surface area contributed by atoms with Crippen LogP contribution >= 0.6 is 11.8 Å². The number of amides is 1. The minimum absolute atomic E-state index is 0.230. The number of anilines is 2. The molecule has 6 nitrogen and oxygen atoms in total. The summed E-state index contributed by atoms with van der Waals surface area (Å²) in [5, 5.41) is 2.74. The molecule has 0 unspecified atom stereocenters. The van der Waals surface area contributed by atoms with Crippen LogP contribution in [0.4, 0.5) is 11.4 Å². The molecule has 7 heteroatoms. The maximum absolute atomic E-state index is 12.5. The molecular formula is C22H26N2O4S. The van der Waals surface area contributed by atoms with E-state index in [1.165, 1.54) is 0 Å². The average molecular weight is 415 g/mol. The monoisotopic (exact) mass is 414 g/mol. The summed E-state index contributed by atoms with van der Waals surface area (Å²) in [5.41, 5.74) is 2.16. The Labute approximate surface area is 175 Å². The highest BCUT2D eigenvalue weighted by Crippen LogP contribution is 2.27. The zero-order chi connectivity index (χ0) is 20.6. The van der Waals surface area contributed by atoms with Gasteiger partial charge in [0.25, 0.3) is 5.91 Å². The molecule has 1 N–H and O–H groups in total. The van der Waals surface area contributed by atoms with Crippen LogP contribution in [0, 0.1) is 0 Å². The molecule has 0 spiro atoms. The number of benzene rings is 2. The van der Waals surface area contributed by atoms with Crippen LogP contribution in [-0.2, 0) is 14.3 Å². The second kappa shape index (κ2) is 10.3. The van der Waals surface area contributed by atoms with Gasteiger partial charge in [-0.2, -0.15) is 0 Å². The van der Waals surface area contributed by atoms with Crippen LogP contribution < -0.4 is 10.2 Å². The predicted octanol–water partition coefficient (Wildman–Crippen LogP) is 3.82. The molecule has 29 heavy (non-hydrogen) atoms. The van der Waals surface area contributed by atoms with Crippen molar-refractivity contribution >= 4 is 35.0 Å². The number of rotatable bonds is 8. The summed E-state index contributed by atoms with van der Waals surface area (Å²) in [6, 6.07) is 14.7. The maximum atomic E-state index is 12.5. The molecule has 1 atom stereocenters. The van der Waals surface area contributed by atoms with E-state index in [-0.39, 0.29) is 18.6 Å². The molecule has 3 rings (SSSR count). The van der Waals surface area contributed by atoms with Gasteiger partial charge in [-0.1, -0.05) is 12.1 Å². The fraction of sp³-hybridized carbons (Fsp3) is 0.364. The number of carbonyl (C=O) groups excluding carboxylic acids is 2. The van der Waals surface area contributed by atoms with Crippen molar-refractivity contribution < 1.29 is 19.1 Å². The molecule has 0 bridgehead atoms. The van der Waals surface area contributed by atoms with E-state index >= 15 is 0 Å². The van der Waals surface area contributed by atoms with Gasteiger partial charge in [0.05, 0.1) is 11.7 Å². The summed E-state index contributed by atoms with van der Waals surface area (Å²) in [4.78, 5) is 27.4. The molecule has 1 aliphatic rings. The highest BCUT2D eigenvalue weighted by atomic mass is 32.2. The Morgan fingerprint density at radius 3 is 2.62 bits per heavy atom. The molecular weight excluding hydrogens is 388 g/mol. The van der Waals surface area contributed by atoms with E-state index in [2.05, 4.69) is 5.32 Å². The van der Waals surface area contributed by atoms with Gasteiger partial charge in [0, 0.05) is 42.7 Å². The highest BCUT2D eigenvalue weighted by Gasteiger charge is 2.19. The summed E-state index contributed by atoms with van der Waals surface area (Å²) < 4.78 is 10.9. The fourth-order valence-corrected chi connectivity index (χ4v) is 4.08. The smallest absolute Gasteiger partial charge is 0.339 e. The molecule has 2 aromatic rings. The maximum Gasteiger partial charge on any atom is 0.339 e. The first-order valence-electron chi connectivity index (χ1n) is 9.61. The molecule has 1 fully saturated rings. The van der Waals surface area contributed by atoms with Gasteiger partial charge in [-0.15, -0.1) is 11.8 Å². The number of esters is 1. The normalized spacial score (nSPS) is 15.7. The molecule has 0 radical (unpaired) electrons. The van der Waals surface area contributed by atoms with Crippen molar-refractivity contribution in [3.8, 4) is 0 Å². The van der Waals surface area contributed by atoms with Crippen LogP contribution in [0.1, 0.15) is 23.2 Å². The van der Waals surface area contributed by atoms with Crippen LogP contribution in [0.2, 0.25) is 0 Å². The number of nitrogens with one attached hydrogen (secondary N) is 1. The quantitative estimate of drug-likeness (QED) is 0.523. The summed E-state index contributed by atoms with van der Waals surface area (Å²) in [6.45, 7) is 0.473. The lowest BCUT2D eigenvalue weighted by molar-refractivity contribution is -0.119. The molecule has 1 heterocycles. The third kappa shape index (κ3) is 6.24. The van der Waals surface area contributed by atoms with E-state index < -0.39 is 5.97 Å². The Morgan fingerprint density at radius 1 is 1.17 bits per heavy atom. The van der Waals surface area contributed by atoms with Crippen LogP contribution in [0.15, 0.2) is 53.4 Å². The van der Waals surface area contributed by atoms with Crippen molar-refractivity contribution in [3.63, 3.8) is 0 Å². The summed E-state index contributed by atoms with van der Waals surface area (Å²) >= 11 is 1.58. The van der Waals surface area contributed by atoms with E-state index in [1.807, 2.05) is 55.4 Å². The first kappa shape index (κ1) is 21.2. The van der Waals surface area contributed by atoms with Crippen molar-refractivity contribution in [2.45, 2.75) is 23.8 Å². The lowest BCUT2D eigenvalue weighted by Crippen LogP contribution is -2.21. The van der Waals surface area contributed by atoms with Gasteiger partial charge in [0.1, 0.15) is 0 Å². The van der Waals surface area contributed by atoms with Gasteiger partial charge in [0.15, 0.2) is 6.61 Å². The Hall–Kier alpha value is -2.51. The van der Waals surface area contributed by atoms with Crippen LogP contribution in [0.5, 0.6) is 0 Å². The van der Waals surface area contributed by atoms with Crippen molar-refractivity contribution in [2.75, 3.05) is 43.3 Å². The van der Waals surface area contributed by atoms with Crippen molar-refractivity contribution in [1.82, 2.24) is 0 Å². The van der Waals surface area contributed by atoms with Crippen LogP contribution in [0.25, 0.3) is 0 Å². The first-order chi connectivity index (χ1) is 14.0. The number of hydrogen-bond donors (Lipinski definition) is 1. The van der Waals surface area contributed by atoms with Gasteiger partial charge < -0.3 is 19.7 Å². The second-order valence-corrected chi connectivity index (χ2v) is 8.07. The summed E-state index contributed by atoms with van der Waals surface area (Å²) in [6.07, 6.45) is 2.37. The molecule has 1 saturated heterocycles. The molecule has 1 amide bonds. The van der Waals surface area contributed by atoms with Crippen molar-refractivity contribution in [2.24, 2.45) is 0 Å². The largest absolute Gasteiger partial charge is 0.452 e. The fourth-order valence-electron chi connectivity index (χ4n) is 2.97. The van der Waals surface area contributed by atoms with Crippen LogP contribution in [0.3, 0.4) is 0 Å². The Bertz CT molecular complexity index is 833. The van der Waals surface area contributed by atoms with Crippen molar-refractivity contribution in [3.05, 3.63) is 54.1 Å². The number of ether oxygens (including phenoxy) is 2. The molecule has 0 saturated carbocycles. The number of hydrogen-bond acceptors (Lipinski definition) is 6. The summed E-state index contributed by atoms with van der Waals surface area (Å²) in [7, 11) is 3.90. The number of thioether (sulfide) groups is 1. The lowest BCUT2D eigenvalue weighted by atomic mass is 10.2. The standard InChI is InChI=1S/C22H26N2O4S/c1-24(2)17-11-9-16(10-12-17)23-21(25)14-28-22(26)19-7-3-4-8-20(19)29-15-18-6-5-13-27-18/h3-4,7-12,18H,5-6,13-15H2,1-2H3,(H,23,25)/t18-/m0/s1. The number of carbonyl (C=O) groups is 2. The molecule has 1 aliphatic heterocycles. The minimum Gasteiger partial charge on any atom is -0.452 e. The molecule has 154 valence electrons. The third-order valence-corrected chi connectivity index (χ3v) is 5.76. The van der Waals surface area contributed by atoms with Crippen molar-refractivity contribution in [1.29, 1.82) is 0 Å². The summed E-state index contributed by atoms with van der Waals surface area (Å²) in [5.74, 6) is -0.0766. The zero-order valence-electron chi connectivity index (χ0n) is 16.7. The number of nitrogens with zero attached hydrogens (tertiary/aromatic N) is 1.